The van der Waals surface area contributed by atoms with Crippen molar-refractivity contribution in [2.24, 2.45) is 0 Å². The minimum Gasteiger partial charge on any atom is -0.336 e. The van der Waals surface area contributed by atoms with E-state index in [-0.39, 0.29) is 10.5 Å². The molecule has 0 bridgehead atoms. The van der Waals surface area contributed by atoms with Crippen LogP contribution in [0.5, 0.6) is 0 Å². The Bertz CT molecular complexity index is 456. The van der Waals surface area contributed by atoms with E-state index in [0.29, 0.717) is 6.54 Å². The molecule has 0 aliphatic heterocycles. The van der Waals surface area contributed by atoms with Crippen molar-refractivity contribution in [1.82, 2.24) is 4.90 Å². The molecule has 1 unspecified atom stereocenters. The van der Waals surface area contributed by atoms with E-state index in [1.54, 1.807) is 4.90 Å². The molecule has 2 nitrogen and oxygen atoms in total. The molecule has 1 aromatic carbocycles. The zero-order valence-corrected chi connectivity index (χ0v) is 13.6. The molecule has 0 fully saturated rings. The highest BCUT2D eigenvalue weighted by Gasteiger charge is 2.26. The lowest BCUT2D eigenvalue weighted by Gasteiger charge is -2.29. The maximum Gasteiger partial charge on any atom is 0.260 e. The lowest BCUT2D eigenvalue weighted by molar-refractivity contribution is 0.0675. The van der Waals surface area contributed by atoms with Gasteiger partial charge in [0, 0.05) is 17.1 Å². The van der Waals surface area contributed by atoms with Gasteiger partial charge in [0.1, 0.15) is 17.2 Å². The van der Waals surface area contributed by atoms with Crippen LogP contribution in [-0.4, -0.2) is 23.4 Å². The maximum absolute atomic E-state index is 13.9. The van der Waals surface area contributed by atoms with E-state index >= 15 is 0 Å². The molecule has 0 spiro atoms. The molecule has 0 heterocycles. The first-order valence-corrected chi connectivity index (χ1v) is 7.67. The van der Waals surface area contributed by atoms with Crippen LogP contribution in [0.15, 0.2) is 16.6 Å². The summed E-state index contributed by atoms with van der Waals surface area (Å²) in [5.74, 6) is -2.23. The molecule has 0 aromatic heterocycles. The largest absolute Gasteiger partial charge is 0.336 e. The zero-order valence-electron chi connectivity index (χ0n) is 12.0. The minimum atomic E-state index is -0.827. The Morgan fingerprint density at radius 1 is 1.30 bits per heavy atom. The zero-order chi connectivity index (χ0) is 15.3. The number of amides is 1. The summed E-state index contributed by atoms with van der Waals surface area (Å²) in [6.07, 6.45) is 2.48. The fraction of sp³-hybridized carbons (Fsp3) is 0.533. The van der Waals surface area contributed by atoms with Crippen molar-refractivity contribution in [3.63, 3.8) is 0 Å². The summed E-state index contributed by atoms with van der Waals surface area (Å²) in [4.78, 5) is 14.0. The van der Waals surface area contributed by atoms with Crippen molar-refractivity contribution < 1.29 is 13.6 Å². The Labute approximate surface area is 127 Å². The highest BCUT2D eigenvalue weighted by molar-refractivity contribution is 9.10. The van der Waals surface area contributed by atoms with Gasteiger partial charge < -0.3 is 4.90 Å². The van der Waals surface area contributed by atoms with Gasteiger partial charge in [-0.05, 0) is 31.9 Å². The standard InChI is InChI=1S/C15H20BrF2NO/c1-4-6-7-19(10(3)5-2)15(20)14-12(17)8-11(16)9-13(14)18/h8-10H,4-7H2,1-3H3. The third-order valence-electron chi connectivity index (χ3n) is 3.36. The Morgan fingerprint density at radius 3 is 2.30 bits per heavy atom. The molecule has 1 rings (SSSR count). The predicted octanol–water partition coefficient (Wildman–Crippen LogP) is 4.77. The van der Waals surface area contributed by atoms with Crippen LogP contribution in [0.4, 0.5) is 8.78 Å². The number of hydrogen-bond donors (Lipinski definition) is 0. The Hall–Kier alpha value is -0.970. The van der Waals surface area contributed by atoms with Crippen molar-refractivity contribution in [3.05, 3.63) is 33.8 Å². The monoisotopic (exact) mass is 347 g/mol. The second-order valence-electron chi connectivity index (χ2n) is 4.85. The average molecular weight is 348 g/mol. The molecule has 5 heteroatoms. The molecule has 0 N–H and O–H groups in total. The molecule has 0 saturated heterocycles. The SMILES string of the molecule is CCCCN(C(=O)c1c(F)cc(Br)cc1F)C(C)CC. The van der Waals surface area contributed by atoms with Crippen LogP contribution in [-0.2, 0) is 0 Å². The predicted molar refractivity (Wildman–Crippen MR) is 79.8 cm³/mol. The van der Waals surface area contributed by atoms with Gasteiger partial charge >= 0.3 is 0 Å². The van der Waals surface area contributed by atoms with Crippen molar-refractivity contribution in [3.8, 4) is 0 Å². The van der Waals surface area contributed by atoms with Crippen LogP contribution in [0, 0.1) is 11.6 Å². The van der Waals surface area contributed by atoms with Crippen molar-refractivity contribution in [1.29, 1.82) is 0 Å². The van der Waals surface area contributed by atoms with Gasteiger partial charge in [0.05, 0.1) is 0 Å². The first-order valence-electron chi connectivity index (χ1n) is 6.87. The Balaban J connectivity index is 3.12. The molecule has 1 aromatic rings. The maximum atomic E-state index is 13.9. The number of rotatable bonds is 6. The Morgan fingerprint density at radius 2 is 1.85 bits per heavy atom. The van der Waals surface area contributed by atoms with Gasteiger partial charge in [-0.1, -0.05) is 36.2 Å². The molecule has 112 valence electrons. The van der Waals surface area contributed by atoms with Crippen LogP contribution in [0.2, 0.25) is 0 Å². The number of halogens is 3. The topological polar surface area (TPSA) is 20.3 Å². The second-order valence-corrected chi connectivity index (χ2v) is 5.77. The summed E-state index contributed by atoms with van der Waals surface area (Å²) in [5.41, 5.74) is -0.468. The van der Waals surface area contributed by atoms with Gasteiger partial charge in [-0.2, -0.15) is 0 Å². The normalized spacial score (nSPS) is 12.3. The fourth-order valence-corrected chi connectivity index (χ4v) is 2.36. The molecule has 1 amide bonds. The van der Waals surface area contributed by atoms with Crippen molar-refractivity contribution in [2.45, 2.75) is 46.1 Å². The fourth-order valence-electron chi connectivity index (χ4n) is 1.96. The number of unbranched alkanes of at least 4 members (excludes halogenated alkanes) is 1. The summed E-state index contributed by atoms with van der Waals surface area (Å²) >= 11 is 3.01. The number of carbonyl (C=O) groups is 1. The van der Waals surface area contributed by atoms with Crippen LogP contribution < -0.4 is 0 Å². The first-order chi connectivity index (χ1) is 9.42. The number of nitrogens with zero attached hydrogens (tertiary/aromatic N) is 1. The Kier molecular flexibility index (Phi) is 6.59. The van der Waals surface area contributed by atoms with Crippen LogP contribution in [0.3, 0.4) is 0 Å². The van der Waals surface area contributed by atoms with Crippen LogP contribution >= 0.6 is 15.9 Å². The molecule has 0 saturated carbocycles. The summed E-state index contributed by atoms with van der Waals surface area (Å²) in [6, 6.07) is 2.19. The average Bonchev–Trinajstić information content (AvgIpc) is 2.37. The highest BCUT2D eigenvalue weighted by Crippen LogP contribution is 2.22. The van der Waals surface area contributed by atoms with Crippen LogP contribution in [0.1, 0.15) is 50.4 Å². The molecule has 20 heavy (non-hydrogen) atoms. The number of benzene rings is 1. The van der Waals surface area contributed by atoms with Gasteiger partial charge in [0.25, 0.3) is 5.91 Å². The molecule has 0 aliphatic carbocycles. The first kappa shape index (κ1) is 17.1. The third kappa shape index (κ3) is 4.01. The lowest BCUT2D eigenvalue weighted by atomic mass is 10.1. The molecular formula is C15H20BrF2NO. The number of carbonyl (C=O) groups excluding carboxylic acids is 1. The third-order valence-corrected chi connectivity index (χ3v) is 3.81. The summed E-state index contributed by atoms with van der Waals surface area (Å²) in [5, 5.41) is 0. The van der Waals surface area contributed by atoms with Gasteiger partial charge in [-0.25, -0.2) is 8.78 Å². The molecular weight excluding hydrogens is 328 g/mol. The summed E-state index contributed by atoms with van der Waals surface area (Å²) in [7, 11) is 0. The van der Waals surface area contributed by atoms with Crippen molar-refractivity contribution in [2.75, 3.05) is 6.54 Å². The van der Waals surface area contributed by atoms with Gasteiger partial charge in [0.15, 0.2) is 0 Å². The smallest absolute Gasteiger partial charge is 0.260 e. The van der Waals surface area contributed by atoms with Gasteiger partial charge in [-0.15, -0.1) is 0 Å². The van der Waals surface area contributed by atoms with E-state index in [2.05, 4.69) is 15.9 Å². The van der Waals surface area contributed by atoms with E-state index in [1.165, 1.54) is 0 Å². The summed E-state index contributed by atoms with van der Waals surface area (Å²) < 4.78 is 28.1. The van der Waals surface area contributed by atoms with E-state index < -0.39 is 23.1 Å². The van der Waals surface area contributed by atoms with E-state index in [9.17, 15) is 13.6 Å². The van der Waals surface area contributed by atoms with E-state index in [0.717, 1.165) is 31.4 Å². The van der Waals surface area contributed by atoms with Gasteiger partial charge in [-0.3, -0.25) is 4.79 Å². The van der Waals surface area contributed by atoms with Crippen molar-refractivity contribution >= 4 is 21.8 Å². The summed E-state index contributed by atoms with van der Waals surface area (Å²) in [6.45, 7) is 6.37. The molecule has 0 aliphatic rings. The lowest BCUT2D eigenvalue weighted by Crippen LogP contribution is -2.40. The van der Waals surface area contributed by atoms with E-state index in [1.807, 2.05) is 20.8 Å². The minimum absolute atomic E-state index is 0.0449. The quantitative estimate of drug-likeness (QED) is 0.725. The highest BCUT2D eigenvalue weighted by atomic mass is 79.9. The second kappa shape index (κ2) is 7.72. The van der Waals surface area contributed by atoms with Gasteiger partial charge in [0.2, 0.25) is 0 Å². The molecule has 1 atom stereocenters. The van der Waals surface area contributed by atoms with E-state index in [4.69, 9.17) is 0 Å². The van der Waals surface area contributed by atoms with Crippen LogP contribution in [0.25, 0.3) is 0 Å². The number of hydrogen-bond acceptors (Lipinski definition) is 1. The molecule has 0 radical (unpaired) electrons.